The van der Waals surface area contributed by atoms with Crippen molar-refractivity contribution in [2.45, 2.75) is 25.9 Å². The summed E-state index contributed by atoms with van der Waals surface area (Å²) >= 11 is 6.10. The van der Waals surface area contributed by atoms with E-state index in [2.05, 4.69) is 0 Å². The van der Waals surface area contributed by atoms with E-state index in [1.54, 1.807) is 18.2 Å². The minimum Gasteiger partial charge on any atom is -0.456 e. The van der Waals surface area contributed by atoms with Gasteiger partial charge in [-0.3, -0.25) is 4.79 Å². The predicted molar refractivity (Wildman–Crippen MR) is 78.5 cm³/mol. The number of hydrogen-bond acceptors (Lipinski definition) is 4. The molecule has 0 aliphatic carbocycles. The number of esters is 1. The summed E-state index contributed by atoms with van der Waals surface area (Å²) in [4.78, 5) is 11.5. The Bertz CT molecular complexity index is 672. The second-order valence-electron chi connectivity index (χ2n) is 4.43. The van der Waals surface area contributed by atoms with Crippen molar-refractivity contribution in [3.63, 3.8) is 0 Å². The second kappa shape index (κ2) is 6.96. The first-order chi connectivity index (χ1) is 10.2. The fourth-order valence-corrected chi connectivity index (χ4v) is 2.07. The lowest BCUT2D eigenvalue weighted by Crippen LogP contribution is -2.08. The minimum absolute atomic E-state index is 0.274. The number of furan rings is 1. The number of carbonyl (C=O) groups excluding carboxylic acids is 1. The van der Waals surface area contributed by atoms with Crippen molar-refractivity contribution in [3.8, 4) is 17.4 Å². The topological polar surface area (TPSA) is 63.2 Å². The number of hydrogen-bond donors (Lipinski definition) is 0. The van der Waals surface area contributed by atoms with Gasteiger partial charge in [0.05, 0.1) is 5.02 Å². The molecule has 0 amide bonds. The summed E-state index contributed by atoms with van der Waals surface area (Å²) in [5.74, 6) is 0.402. The Morgan fingerprint density at radius 3 is 2.81 bits per heavy atom. The molecular weight excluding hydrogens is 290 g/mol. The van der Waals surface area contributed by atoms with Gasteiger partial charge < -0.3 is 9.15 Å². The van der Waals surface area contributed by atoms with E-state index in [9.17, 15) is 4.79 Å². The molecule has 0 bridgehead atoms. The van der Waals surface area contributed by atoms with Gasteiger partial charge in [-0.05, 0) is 30.7 Å². The Labute approximate surface area is 127 Å². The lowest BCUT2D eigenvalue weighted by Gasteiger charge is -2.08. The van der Waals surface area contributed by atoms with Crippen molar-refractivity contribution in [2.24, 2.45) is 0 Å². The molecule has 0 spiro atoms. The zero-order chi connectivity index (χ0) is 15.2. The highest BCUT2D eigenvalue weighted by atomic mass is 35.5. The molecule has 0 unspecified atom stereocenters. The number of halogens is 1. The van der Waals surface area contributed by atoms with Crippen LogP contribution in [0.3, 0.4) is 0 Å². The van der Waals surface area contributed by atoms with Gasteiger partial charge >= 0.3 is 5.97 Å². The molecule has 1 aromatic heterocycles. The zero-order valence-corrected chi connectivity index (χ0v) is 12.3. The average Bonchev–Trinajstić information content (AvgIpc) is 2.95. The standard InChI is InChI=1S/C16H14ClNO3/c1-2-5-16(19)21-15(10-18)14-9-8-13(20-14)11-6-3-4-7-12(11)17/h3-4,6-9,15H,2,5H2,1H3/t15-/m0/s1. The number of nitriles is 1. The van der Waals surface area contributed by atoms with Crippen LogP contribution in [0.15, 0.2) is 40.8 Å². The van der Waals surface area contributed by atoms with Crippen LogP contribution in [0.1, 0.15) is 31.6 Å². The molecule has 5 heteroatoms. The van der Waals surface area contributed by atoms with Gasteiger partial charge in [0.15, 0.2) is 5.76 Å². The maximum absolute atomic E-state index is 11.5. The van der Waals surface area contributed by atoms with Gasteiger partial charge in [0.1, 0.15) is 11.8 Å². The van der Waals surface area contributed by atoms with Crippen LogP contribution in [0.5, 0.6) is 0 Å². The molecule has 2 rings (SSSR count). The van der Waals surface area contributed by atoms with Crippen molar-refractivity contribution in [1.82, 2.24) is 0 Å². The Hall–Kier alpha value is -2.25. The monoisotopic (exact) mass is 303 g/mol. The summed E-state index contributed by atoms with van der Waals surface area (Å²) < 4.78 is 10.7. The number of rotatable bonds is 5. The molecule has 2 aromatic rings. The maximum Gasteiger partial charge on any atom is 0.307 e. The first-order valence-electron chi connectivity index (χ1n) is 6.59. The third kappa shape index (κ3) is 3.65. The lowest BCUT2D eigenvalue weighted by molar-refractivity contribution is -0.147. The third-order valence-corrected chi connectivity index (χ3v) is 3.17. The Kier molecular flexibility index (Phi) is 5.02. The van der Waals surface area contributed by atoms with Crippen LogP contribution in [0, 0.1) is 11.3 Å². The minimum atomic E-state index is -1.04. The molecule has 0 saturated carbocycles. The third-order valence-electron chi connectivity index (χ3n) is 2.85. The van der Waals surface area contributed by atoms with Gasteiger partial charge in [0.25, 0.3) is 0 Å². The molecule has 21 heavy (non-hydrogen) atoms. The van der Waals surface area contributed by atoms with Crippen LogP contribution < -0.4 is 0 Å². The van der Waals surface area contributed by atoms with Crippen LogP contribution in [0.25, 0.3) is 11.3 Å². The van der Waals surface area contributed by atoms with E-state index in [0.717, 1.165) is 5.56 Å². The van der Waals surface area contributed by atoms with Gasteiger partial charge in [-0.25, -0.2) is 0 Å². The van der Waals surface area contributed by atoms with Gasteiger partial charge in [-0.1, -0.05) is 30.7 Å². The Morgan fingerprint density at radius 2 is 2.14 bits per heavy atom. The molecule has 108 valence electrons. The van der Waals surface area contributed by atoms with Crippen LogP contribution in [0.2, 0.25) is 5.02 Å². The van der Waals surface area contributed by atoms with Crippen LogP contribution in [-0.2, 0) is 9.53 Å². The summed E-state index contributed by atoms with van der Waals surface area (Å²) in [5.41, 5.74) is 0.724. The first-order valence-corrected chi connectivity index (χ1v) is 6.97. The van der Waals surface area contributed by atoms with Crippen molar-refractivity contribution in [2.75, 3.05) is 0 Å². The van der Waals surface area contributed by atoms with Crippen LogP contribution >= 0.6 is 11.6 Å². The van der Waals surface area contributed by atoms with Crippen molar-refractivity contribution in [1.29, 1.82) is 5.26 Å². The fraction of sp³-hybridized carbons (Fsp3) is 0.250. The Balaban J connectivity index is 2.21. The van der Waals surface area contributed by atoms with Crippen molar-refractivity contribution < 1.29 is 13.9 Å². The van der Waals surface area contributed by atoms with Gasteiger partial charge in [0, 0.05) is 12.0 Å². The van der Waals surface area contributed by atoms with Gasteiger partial charge in [-0.15, -0.1) is 0 Å². The number of ether oxygens (including phenoxy) is 1. The average molecular weight is 304 g/mol. The van der Waals surface area contributed by atoms with Gasteiger partial charge in [-0.2, -0.15) is 5.26 Å². The molecule has 1 atom stereocenters. The molecule has 0 fully saturated rings. The summed E-state index contributed by atoms with van der Waals surface area (Å²) in [5, 5.41) is 9.67. The Morgan fingerprint density at radius 1 is 1.38 bits per heavy atom. The SMILES string of the molecule is CCCC(=O)O[C@@H](C#N)c1ccc(-c2ccccc2Cl)o1. The van der Waals surface area contributed by atoms with Crippen molar-refractivity contribution >= 4 is 17.6 Å². The van der Waals surface area contributed by atoms with E-state index in [1.165, 1.54) is 0 Å². The van der Waals surface area contributed by atoms with E-state index in [1.807, 2.05) is 31.2 Å². The highest BCUT2D eigenvalue weighted by molar-refractivity contribution is 6.33. The summed E-state index contributed by atoms with van der Waals surface area (Å²) in [6.07, 6.45) is -0.101. The number of carbonyl (C=O) groups is 1. The number of benzene rings is 1. The quantitative estimate of drug-likeness (QED) is 0.762. The zero-order valence-electron chi connectivity index (χ0n) is 11.5. The first kappa shape index (κ1) is 15.1. The summed E-state index contributed by atoms with van der Waals surface area (Å²) in [6.45, 7) is 1.87. The maximum atomic E-state index is 11.5. The second-order valence-corrected chi connectivity index (χ2v) is 4.84. The van der Waals surface area contributed by atoms with E-state index in [4.69, 9.17) is 26.0 Å². The largest absolute Gasteiger partial charge is 0.456 e. The highest BCUT2D eigenvalue weighted by Crippen LogP contribution is 2.31. The van der Waals surface area contributed by atoms with E-state index < -0.39 is 12.1 Å². The molecule has 0 radical (unpaired) electrons. The van der Waals surface area contributed by atoms with E-state index in [0.29, 0.717) is 17.2 Å². The van der Waals surface area contributed by atoms with Crippen LogP contribution in [0.4, 0.5) is 0 Å². The normalized spacial score (nSPS) is 11.7. The number of nitrogens with zero attached hydrogens (tertiary/aromatic N) is 1. The molecule has 4 nitrogen and oxygen atoms in total. The van der Waals surface area contributed by atoms with E-state index >= 15 is 0 Å². The molecular formula is C16H14ClNO3. The summed E-state index contributed by atoms with van der Waals surface area (Å²) in [7, 11) is 0. The predicted octanol–water partition coefficient (Wildman–Crippen LogP) is 4.51. The highest BCUT2D eigenvalue weighted by Gasteiger charge is 2.20. The lowest BCUT2D eigenvalue weighted by atomic mass is 10.2. The molecule has 1 aromatic carbocycles. The van der Waals surface area contributed by atoms with Crippen LogP contribution in [-0.4, -0.2) is 5.97 Å². The molecule has 0 aliphatic heterocycles. The molecule has 0 saturated heterocycles. The van der Waals surface area contributed by atoms with E-state index in [-0.39, 0.29) is 12.2 Å². The van der Waals surface area contributed by atoms with Gasteiger partial charge in [0.2, 0.25) is 6.10 Å². The molecule has 0 aliphatic rings. The fourth-order valence-electron chi connectivity index (χ4n) is 1.84. The summed E-state index contributed by atoms with van der Waals surface area (Å²) in [6, 6.07) is 12.5. The smallest absolute Gasteiger partial charge is 0.307 e. The molecule has 0 N–H and O–H groups in total. The van der Waals surface area contributed by atoms with Crippen molar-refractivity contribution in [3.05, 3.63) is 47.2 Å². The molecule has 1 heterocycles.